The largest absolute Gasteiger partial charge is 0.369 e. The third kappa shape index (κ3) is 6.37. The molecular formula is C19H28FIN6. The van der Waals surface area contributed by atoms with E-state index in [0.29, 0.717) is 0 Å². The van der Waals surface area contributed by atoms with Crippen LogP contribution < -0.4 is 15.5 Å². The smallest absolute Gasteiger partial charge is 0.191 e. The summed E-state index contributed by atoms with van der Waals surface area (Å²) in [5.41, 5.74) is 2.10. The second-order valence-corrected chi connectivity index (χ2v) is 6.69. The standard InChI is InChI=1S/C19H27FN6.HI/c1-15-12-23-26(13-15)10-8-22-19(21-2)24-17-6-4-9-25(14-17)18-7-3-5-16(20)11-18;/h3,5,7,11-13,17H,4,6,8-10,14H2,1-2H3,(H2,21,22,24);1H. The molecule has 0 amide bonds. The number of hydrogen-bond acceptors (Lipinski definition) is 3. The van der Waals surface area contributed by atoms with Crippen molar-refractivity contribution in [2.75, 3.05) is 31.6 Å². The van der Waals surface area contributed by atoms with Crippen LogP contribution in [0.4, 0.5) is 10.1 Å². The minimum Gasteiger partial charge on any atom is -0.369 e. The molecule has 27 heavy (non-hydrogen) atoms. The molecule has 0 bridgehead atoms. The summed E-state index contributed by atoms with van der Waals surface area (Å²) < 4.78 is 15.4. The van der Waals surface area contributed by atoms with Crippen molar-refractivity contribution in [3.63, 3.8) is 0 Å². The maximum atomic E-state index is 13.5. The van der Waals surface area contributed by atoms with Crippen molar-refractivity contribution in [1.29, 1.82) is 0 Å². The van der Waals surface area contributed by atoms with Crippen LogP contribution in [0.2, 0.25) is 0 Å². The molecule has 0 aliphatic carbocycles. The van der Waals surface area contributed by atoms with E-state index >= 15 is 0 Å². The number of benzene rings is 1. The SMILES string of the molecule is CN=C(NCCn1cc(C)cn1)NC1CCCN(c2cccc(F)c2)C1.I. The molecule has 1 saturated heterocycles. The van der Waals surface area contributed by atoms with Crippen molar-refractivity contribution in [2.45, 2.75) is 32.4 Å². The monoisotopic (exact) mass is 486 g/mol. The molecule has 1 aromatic heterocycles. The number of guanidine groups is 1. The van der Waals surface area contributed by atoms with E-state index in [4.69, 9.17) is 0 Å². The Morgan fingerprint density at radius 3 is 2.96 bits per heavy atom. The van der Waals surface area contributed by atoms with Crippen molar-refractivity contribution >= 4 is 35.6 Å². The fourth-order valence-corrected chi connectivity index (χ4v) is 3.27. The molecule has 1 atom stereocenters. The van der Waals surface area contributed by atoms with Gasteiger partial charge in [0.05, 0.1) is 12.7 Å². The lowest BCUT2D eigenvalue weighted by atomic mass is 10.0. The second kappa shape index (κ2) is 10.5. The Bertz CT molecular complexity index is 747. The maximum Gasteiger partial charge on any atom is 0.191 e. The lowest BCUT2D eigenvalue weighted by molar-refractivity contribution is 0.466. The van der Waals surface area contributed by atoms with E-state index in [2.05, 4.69) is 25.6 Å². The first kappa shape index (κ1) is 21.5. The summed E-state index contributed by atoms with van der Waals surface area (Å²) >= 11 is 0. The van der Waals surface area contributed by atoms with Crippen LogP contribution in [0.15, 0.2) is 41.7 Å². The quantitative estimate of drug-likeness (QED) is 0.388. The molecule has 2 N–H and O–H groups in total. The average molecular weight is 486 g/mol. The van der Waals surface area contributed by atoms with Gasteiger partial charge in [0.25, 0.3) is 0 Å². The topological polar surface area (TPSA) is 57.5 Å². The molecule has 148 valence electrons. The maximum absolute atomic E-state index is 13.5. The molecule has 2 aromatic rings. The van der Waals surface area contributed by atoms with Gasteiger partial charge in [0.1, 0.15) is 5.82 Å². The van der Waals surface area contributed by atoms with E-state index in [0.717, 1.165) is 56.2 Å². The molecule has 0 spiro atoms. The number of rotatable bonds is 5. The number of nitrogens with one attached hydrogen (secondary N) is 2. The highest BCUT2D eigenvalue weighted by Crippen LogP contribution is 2.20. The molecule has 1 fully saturated rings. The third-order valence-electron chi connectivity index (χ3n) is 4.55. The molecular weight excluding hydrogens is 458 g/mol. The summed E-state index contributed by atoms with van der Waals surface area (Å²) in [6.45, 7) is 5.36. The van der Waals surface area contributed by atoms with Crippen LogP contribution in [0.3, 0.4) is 0 Å². The Hall–Kier alpha value is -1.84. The van der Waals surface area contributed by atoms with Gasteiger partial charge in [-0.2, -0.15) is 5.10 Å². The first-order valence-electron chi connectivity index (χ1n) is 9.11. The Morgan fingerprint density at radius 2 is 2.26 bits per heavy atom. The third-order valence-corrected chi connectivity index (χ3v) is 4.55. The molecule has 0 saturated carbocycles. The molecule has 0 radical (unpaired) electrons. The summed E-state index contributed by atoms with van der Waals surface area (Å²) in [5, 5.41) is 11.1. The van der Waals surface area contributed by atoms with Crippen LogP contribution in [0.1, 0.15) is 18.4 Å². The number of anilines is 1. The zero-order chi connectivity index (χ0) is 18.4. The summed E-state index contributed by atoms with van der Waals surface area (Å²) in [4.78, 5) is 6.54. The van der Waals surface area contributed by atoms with E-state index < -0.39 is 0 Å². The average Bonchev–Trinajstić information content (AvgIpc) is 3.06. The van der Waals surface area contributed by atoms with Gasteiger partial charge in [0, 0.05) is 44.6 Å². The molecule has 1 aromatic carbocycles. The van der Waals surface area contributed by atoms with Gasteiger partial charge in [0.2, 0.25) is 0 Å². The molecule has 2 heterocycles. The van der Waals surface area contributed by atoms with Gasteiger partial charge in [0.15, 0.2) is 5.96 Å². The number of hydrogen-bond donors (Lipinski definition) is 2. The summed E-state index contributed by atoms with van der Waals surface area (Å²) in [6.07, 6.45) is 6.02. The predicted molar refractivity (Wildman–Crippen MR) is 119 cm³/mol. The number of piperidine rings is 1. The molecule has 8 heteroatoms. The van der Waals surface area contributed by atoms with E-state index in [9.17, 15) is 4.39 Å². The zero-order valence-corrected chi connectivity index (χ0v) is 18.2. The van der Waals surface area contributed by atoms with Crippen LogP contribution >= 0.6 is 24.0 Å². The van der Waals surface area contributed by atoms with Crippen molar-refractivity contribution in [3.8, 4) is 0 Å². The van der Waals surface area contributed by atoms with Gasteiger partial charge in [-0.25, -0.2) is 4.39 Å². The van der Waals surface area contributed by atoms with Crippen LogP contribution in [0.25, 0.3) is 0 Å². The number of aliphatic imine (C=N–C) groups is 1. The molecule has 1 aliphatic rings. The first-order valence-corrected chi connectivity index (χ1v) is 9.11. The molecule has 1 aliphatic heterocycles. The van der Waals surface area contributed by atoms with E-state index in [1.54, 1.807) is 19.2 Å². The summed E-state index contributed by atoms with van der Waals surface area (Å²) in [5.74, 6) is 0.601. The van der Waals surface area contributed by atoms with Gasteiger partial charge in [-0.1, -0.05) is 6.07 Å². The Labute approximate surface area is 177 Å². The van der Waals surface area contributed by atoms with Gasteiger partial charge in [-0.05, 0) is 43.5 Å². The summed E-state index contributed by atoms with van der Waals surface area (Å²) in [7, 11) is 1.78. The predicted octanol–water partition coefficient (Wildman–Crippen LogP) is 2.78. The lowest BCUT2D eigenvalue weighted by Gasteiger charge is -2.35. The second-order valence-electron chi connectivity index (χ2n) is 6.69. The number of aromatic nitrogens is 2. The van der Waals surface area contributed by atoms with Crippen molar-refractivity contribution < 1.29 is 4.39 Å². The van der Waals surface area contributed by atoms with E-state index in [1.165, 1.54) is 6.07 Å². The van der Waals surface area contributed by atoms with Gasteiger partial charge in [-0.3, -0.25) is 9.67 Å². The summed E-state index contributed by atoms with van der Waals surface area (Å²) in [6, 6.07) is 7.09. The van der Waals surface area contributed by atoms with Crippen molar-refractivity contribution in [3.05, 3.63) is 48.0 Å². The zero-order valence-electron chi connectivity index (χ0n) is 15.9. The Balaban J connectivity index is 0.00000261. The van der Waals surface area contributed by atoms with Crippen LogP contribution in [-0.4, -0.2) is 48.5 Å². The Kier molecular flexibility index (Phi) is 8.33. The fraction of sp³-hybridized carbons (Fsp3) is 0.474. The molecule has 3 rings (SSSR count). The fourth-order valence-electron chi connectivity index (χ4n) is 3.27. The van der Waals surface area contributed by atoms with Crippen LogP contribution in [0.5, 0.6) is 0 Å². The number of aryl methyl sites for hydroxylation is 1. The number of nitrogens with zero attached hydrogens (tertiary/aromatic N) is 4. The minimum atomic E-state index is -0.191. The lowest BCUT2D eigenvalue weighted by Crippen LogP contribution is -2.51. The van der Waals surface area contributed by atoms with Gasteiger partial charge < -0.3 is 15.5 Å². The van der Waals surface area contributed by atoms with E-state index in [-0.39, 0.29) is 35.8 Å². The first-order chi connectivity index (χ1) is 12.6. The Morgan fingerprint density at radius 1 is 1.41 bits per heavy atom. The van der Waals surface area contributed by atoms with Crippen LogP contribution in [0, 0.1) is 12.7 Å². The minimum absolute atomic E-state index is 0. The number of halogens is 2. The highest BCUT2D eigenvalue weighted by atomic mass is 127. The normalized spacial score (nSPS) is 17.4. The van der Waals surface area contributed by atoms with Crippen molar-refractivity contribution in [2.24, 2.45) is 4.99 Å². The van der Waals surface area contributed by atoms with Crippen LogP contribution in [-0.2, 0) is 6.54 Å². The molecule has 6 nitrogen and oxygen atoms in total. The van der Waals surface area contributed by atoms with E-state index in [1.807, 2.05) is 30.1 Å². The highest BCUT2D eigenvalue weighted by molar-refractivity contribution is 14.0. The van der Waals surface area contributed by atoms with Gasteiger partial charge >= 0.3 is 0 Å². The van der Waals surface area contributed by atoms with Crippen molar-refractivity contribution in [1.82, 2.24) is 20.4 Å². The highest BCUT2D eigenvalue weighted by Gasteiger charge is 2.21. The molecule has 1 unspecified atom stereocenters. The van der Waals surface area contributed by atoms with Gasteiger partial charge in [-0.15, -0.1) is 24.0 Å².